The van der Waals surface area contributed by atoms with E-state index in [9.17, 15) is 9.59 Å². The van der Waals surface area contributed by atoms with Crippen LogP contribution in [0, 0.1) is 11.3 Å². The highest BCUT2D eigenvalue weighted by molar-refractivity contribution is 5.35. The van der Waals surface area contributed by atoms with E-state index in [4.69, 9.17) is 0 Å². The minimum Gasteiger partial charge on any atom is -0.211 e. The average Bonchev–Trinajstić information content (AvgIpc) is 2.40. The molecule has 4 nitrogen and oxygen atoms in total. The fraction of sp³-hybridized carbons (Fsp3) is 0.857. The molecule has 0 aromatic rings. The van der Waals surface area contributed by atoms with E-state index in [2.05, 4.69) is 30.8 Å². The van der Waals surface area contributed by atoms with E-state index >= 15 is 0 Å². The van der Waals surface area contributed by atoms with Crippen LogP contribution < -0.4 is 0 Å². The van der Waals surface area contributed by atoms with Crippen molar-refractivity contribution in [3.8, 4) is 0 Å². The maximum atomic E-state index is 10.7. The lowest BCUT2D eigenvalue weighted by Gasteiger charge is -2.46. The summed E-state index contributed by atoms with van der Waals surface area (Å²) in [6.45, 7) is 6.34. The first-order chi connectivity index (χ1) is 8.67. The van der Waals surface area contributed by atoms with Crippen LogP contribution in [-0.2, 0) is 9.59 Å². The van der Waals surface area contributed by atoms with Gasteiger partial charge in [0.05, 0.1) is 12.1 Å². The summed E-state index contributed by atoms with van der Waals surface area (Å²) >= 11 is 0. The molecule has 1 aliphatic rings. The molecule has 100 valence electrons. The lowest BCUT2D eigenvalue weighted by molar-refractivity contribution is 0.0765. The Kier molecular flexibility index (Phi) is 5.46. The van der Waals surface area contributed by atoms with Crippen molar-refractivity contribution in [2.75, 3.05) is 0 Å². The lowest BCUT2D eigenvalue weighted by Crippen LogP contribution is -2.46. The maximum Gasteiger partial charge on any atom is 0.235 e. The van der Waals surface area contributed by atoms with Crippen LogP contribution in [0.4, 0.5) is 0 Å². The van der Waals surface area contributed by atoms with Gasteiger partial charge in [-0.2, -0.15) is 0 Å². The van der Waals surface area contributed by atoms with Crippen molar-refractivity contribution in [2.45, 2.75) is 65.0 Å². The highest BCUT2D eigenvalue weighted by atomic mass is 16.1. The van der Waals surface area contributed by atoms with Crippen molar-refractivity contribution in [1.82, 2.24) is 0 Å². The van der Waals surface area contributed by atoms with Crippen molar-refractivity contribution < 1.29 is 9.59 Å². The van der Waals surface area contributed by atoms with Gasteiger partial charge in [-0.3, -0.25) is 0 Å². The van der Waals surface area contributed by atoms with E-state index in [-0.39, 0.29) is 17.5 Å². The van der Waals surface area contributed by atoms with Crippen LogP contribution in [-0.4, -0.2) is 24.2 Å². The Morgan fingerprint density at radius 3 is 2.17 bits per heavy atom. The molecule has 0 amide bonds. The summed E-state index contributed by atoms with van der Waals surface area (Å²) < 4.78 is 0. The Bertz CT molecular complexity index is 364. The van der Waals surface area contributed by atoms with Crippen LogP contribution in [0.25, 0.3) is 0 Å². The molecule has 4 heteroatoms. The van der Waals surface area contributed by atoms with Gasteiger partial charge in [-0.1, -0.05) is 27.2 Å². The first-order valence-corrected chi connectivity index (χ1v) is 6.81. The molecule has 0 aliphatic heterocycles. The van der Waals surface area contributed by atoms with Gasteiger partial charge in [0.15, 0.2) is 0 Å². The van der Waals surface area contributed by atoms with E-state index < -0.39 is 0 Å². The number of aliphatic imine (C=N–C) groups is 2. The Morgan fingerprint density at radius 2 is 1.72 bits per heavy atom. The number of hydrogen-bond donors (Lipinski definition) is 0. The van der Waals surface area contributed by atoms with E-state index in [1.807, 2.05) is 0 Å². The van der Waals surface area contributed by atoms with Gasteiger partial charge in [0.2, 0.25) is 12.2 Å². The zero-order chi connectivity index (χ0) is 13.6. The quantitative estimate of drug-likeness (QED) is 0.556. The fourth-order valence-electron chi connectivity index (χ4n) is 3.47. The minimum absolute atomic E-state index is 0.0214. The molecule has 0 N–H and O–H groups in total. The molecular formula is C14H22N2O2. The highest BCUT2D eigenvalue weighted by Gasteiger charge is 2.46. The summed E-state index contributed by atoms with van der Waals surface area (Å²) in [5.41, 5.74) is -0.0264. The minimum atomic E-state index is -0.0264. The van der Waals surface area contributed by atoms with E-state index in [0.29, 0.717) is 5.92 Å². The van der Waals surface area contributed by atoms with Crippen LogP contribution in [0.1, 0.15) is 52.9 Å². The van der Waals surface area contributed by atoms with Gasteiger partial charge < -0.3 is 0 Å². The third kappa shape index (κ3) is 2.77. The first kappa shape index (κ1) is 14.8. The second kappa shape index (κ2) is 6.63. The first-order valence-electron chi connectivity index (χ1n) is 6.81. The third-order valence-electron chi connectivity index (χ3n) is 4.65. The van der Waals surface area contributed by atoms with Crippen LogP contribution in [0.2, 0.25) is 0 Å². The molecule has 0 heterocycles. The van der Waals surface area contributed by atoms with Crippen LogP contribution in [0.15, 0.2) is 9.98 Å². The monoisotopic (exact) mass is 250 g/mol. The van der Waals surface area contributed by atoms with Crippen molar-refractivity contribution in [2.24, 2.45) is 21.3 Å². The standard InChI is InChI=1S/C14H22N2O2/c1-4-11-7-12(15-9-17)8-14(5-2,6-3)13(11)16-10-18/h11-13H,4-8H2,1-3H3. The number of rotatable bonds is 5. The van der Waals surface area contributed by atoms with Gasteiger partial charge in [-0.15, -0.1) is 0 Å². The van der Waals surface area contributed by atoms with Crippen LogP contribution >= 0.6 is 0 Å². The van der Waals surface area contributed by atoms with Gasteiger partial charge in [0.25, 0.3) is 0 Å². The number of carbonyl (C=O) groups excluding carboxylic acids is 2. The van der Waals surface area contributed by atoms with E-state index in [1.54, 1.807) is 12.2 Å². The van der Waals surface area contributed by atoms with Crippen molar-refractivity contribution in [3.05, 3.63) is 0 Å². The topological polar surface area (TPSA) is 58.9 Å². The van der Waals surface area contributed by atoms with Gasteiger partial charge in [0, 0.05) is 0 Å². The van der Waals surface area contributed by atoms with Crippen molar-refractivity contribution in [1.29, 1.82) is 0 Å². The molecule has 1 saturated carbocycles. The fourth-order valence-corrected chi connectivity index (χ4v) is 3.47. The largest absolute Gasteiger partial charge is 0.235 e. The molecule has 1 aliphatic carbocycles. The Labute approximate surface area is 109 Å². The maximum absolute atomic E-state index is 10.7. The molecule has 0 saturated heterocycles. The molecular weight excluding hydrogens is 228 g/mol. The Morgan fingerprint density at radius 1 is 1.11 bits per heavy atom. The lowest BCUT2D eigenvalue weighted by atomic mass is 9.61. The molecule has 1 rings (SSSR count). The molecule has 0 radical (unpaired) electrons. The molecule has 3 unspecified atom stereocenters. The van der Waals surface area contributed by atoms with Crippen molar-refractivity contribution >= 4 is 12.2 Å². The van der Waals surface area contributed by atoms with Crippen LogP contribution in [0.5, 0.6) is 0 Å². The Balaban J connectivity index is 3.12. The number of nitrogens with zero attached hydrogens (tertiary/aromatic N) is 2. The summed E-state index contributed by atoms with van der Waals surface area (Å²) in [6.07, 6.45) is 7.90. The molecule has 1 fully saturated rings. The normalized spacial score (nSPS) is 30.1. The van der Waals surface area contributed by atoms with Crippen molar-refractivity contribution in [3.63, 3.8) is 0 Å². The summed E-state index contributed by atoms with van der Waals surface area (Å²) in [6, 6.07) is 0.0542. The summed E-state index contributed by atoms with van der Waals surface area (Å²) in [4.78, 5) is 29.2. The SMILES string of the molecule is CCC1CC(N=C=O)CC(CC)(CC)C1N=C=O. The second-order valence-corrected chi connectivity index (χ2v) is 5.22. The third-order valence-corrected chi connectivity index (χ3v) is 4.65. The summed E-state index contributed by atoms with van der Waals surface area (Å²) in [5.74, 6) is 0.308. The highest BCUT2D eigenvalue weighted by Crippen LogP contribution is 2.48. The molecule has 0 aromatic carbocycles. The predicted octanol–water partition coefficient (Wildman–Crippen LogP) is 3.02. The molecule has 0 spiro atoms. The Hall–Kier alpha value is -1.24. The van der Waals surface area contributed by atoms with Gasteiger partial charge >= 0.3 is 0 Å². The zero-order valence-corrected chi connectivity index (χ0v) is 11.5. The number of hydrogen-bond acceptors (Lipinski definition) is 4. The van der Waals surface area contributed by atoms with Gasteiger partial charge in [-0.05, 0) is 37.0 Å². The van der Waals surface area contributed by atoms with E-state index in [0.717, 1.165) is 32.1 Å². The summed E-state index contributed by atoms with van der Waals surface area (Å²) in [5, 5.41) is 0. The van der Waals surface area contributed by atoms with E-state index in [1.165, 1.54) is 0 Å². The zero-order valence-electron chi connectivity index (χ0n) is 11.5. The second-order valence-electron chi connectivity index (χ2n) is 5.22. The molecule has 0 aromatic heterocycles. The predicted molar refractivity (Wildman–Crippen MR) is 69.8 cm³/mol. The molecule has 18 heavy (non-hydrogen) atoms. The molecule has 3 atom stereocenters. The average molecular weight is 250 g/mol. The van der Waals surface area contributed by atoms with Gasteiger partial charge in [-0.25, -0.2) is 19.6 Å². The van der Waals surface area contributed by atoms with Crippen LogP contribution in [0.3, 0.4) is 0 Å². The summed E-state index contributed by atoms with van der Waals surface area (Å²) in [7, 11) is 0. The molecule has 0 bridgehead atoms. The number of isocyanates is 2. The smallest absolute Gasteiger partial charge is 0.211 e. The van der Waals surface area contributed by atoms with Gasteiger partial charge in [0.1, 0.15) is 0 Å².